The molecule has 0 spiro atoms. The first-order valence-corrected chi connectivity index (χ1v) is 3.58. The quantitative estimate of drug-likeness (QED) is 0.471. The van der Waals surface area contributed by atoms with Gasteiger partial charge >= 0.3 is 0 Å². The molecule has 66 valence electrons. The second-order valence-electron chi connectivity index (χ2n) is 2.58. The van der Waals surface area contributed by atoms with Crippen molar-refractivity contribution in [1.82, 2.24) is 5.43 Å². The molecule has 0 radical (unpaired) electrons. The number of carbonyl (C=O) groups is 1. The zero-order valence-electron chi connectivity index (χ0n) is 7.29. The summed E-state index contributed by atoms with van der Waals surface area (Å²) < 4.78 is 0. The van der Waals surface area contributed by atoms with Crippen molar-refractivity contribution in [3.05, 3.63) is 0 Å². The van der Waals surface area contributed by atoms with Gasteiger partial charge < -0.3 is 4.84 Å². The number of oxime groups is 1. The third kappa shape index (κ3) is 1.44. The van der Waals surface area contributed by atoms with Gasteiger partial charge in [-0.25, -0.2) is 5.43 Å². The summed E-state index contributed by atoms with van der Waals surface area (Å²) in [5.41, 5.74) is 3.71. The van der Waals surface area contributed by atoms with Crippen molar-refractivity contribution in [2.75, 3.05) is 7.11 Å². The number of hydrogen-bond donors (Lipinski definition) is 1. The minimum Gasteiger partial charge on any atom is -0.399 e. The molecule has 0 bridgehead atoms. The molecule has 0 saturated carbocycles. The Labute approximate surface area is 70.5 Å². The first-order chi connectivity index (χ1) is 5.66. The molecular formula is C7H11N3O2. The molecule has 1 N–H and O–H groups in total. The second kappa shape index (κ2) is 3.34. The Hall–Kier alpha value is -1.39. The second-order valence-corrected chi connectivity index (χ2v) is 2.58. The summed E-state index contributed by atoms with van der Waals surface area (Å²) >= 11 is 0. The number of hydrazone groups is 1. The van der Waals surface area contributed by atoms with Crippen molar-refractivity contribution in [2.45, 2.75) is 13.8 Å². The molecule has 1 atom stereocenters. The number of amides is 1. The van der Waals surface area contributed by atoms with E-state index in [-0.39, 0.29) is 11.8 Å². The average Bonchev–Trinajstić information content (AvgIpc) is 2.32. The Bertz CT molecular complexity index is 257. The van der Waals surface area contributed by atoms with Crippen molar-refractivity contribution < 1.29 is 9.63 Å². The molecule has 0 saturated heterocycles. The SMILES string of the molecule is CON=C(C)C1C(=O)NN=C1C. The Kier molecular flexibility index (Phi) is 2.42. The standard InChI is InChI=1S/C7H11N3O2/c1-4-6(5(2)10-12-3)7(11)9-8-4/h6H,1-3H3,(H,9,11). The maximum atomic E-state index is 11.1. The minimum absolute atomic E-state index is 0.147. The Morgan fingerprint density at radius 3 is 2.83 bits per heavy atom. The summed E-state index contributed by atoms with van der Waals surface area (Å²) in [5.74, 6) is -0.504. The van der Waals surface area contributed by atoms with Gasteiger partial charge in [-0.05, 0) is 13.8 Å². The van der Waals surface area contributed by atoms with E-state index in [9.17, 15) is 4.79 Å². The minimum atomic E-state index is -0.357. The van der Waals surface area contributed by atoms with E-state index in [0.717, 1.165) is 5.71 Å². The molecular weight excluding hydrogens is 158 g/mol. The van der Waals surface area contributed by atoms with Crippen molar-refractivity contribution in [1.29, 1.82) is 0 Å². The highest BCUT2D eigenvalue weighted by Crippen LogP contribution is 2.09. The number of nitrogens with one attached hydrogen (secondary N) is 1. The van der Waals surface area contributed by atoms with Crippen LogP contribution >= 0.6 is 0 Å². The van der Waals surface area contributed by atoms with E-state index in [4.69, 9.17) is 0 Å². The summed E-state index contributed by atoms with van der Waals surface area (Å²) in [6.45, 7) is 3.51. The molecule has 0 aromatic rings. The number of nitrogens with zero attached hydrogens (tertiary/aromatic N) is 2. The van der Waals surface area contributed by atoms with E-state index in [1.807, 2.05) is 0 Å². The fourth-order valence-electron chi connectivity index (χ4n) is 1.15. The zero-order valence-corrected chi connectivity index (χ0v) is 7.29. The number of carbonyl (C=O) groups excluding carboxylic acids is 1. The van der Waals surface area contributed by atoms with Crippen LogP contribution in [-0.2, 0) is 9.63 Å². The van der Waals surface area contributed by atoms with Gasteiger partial charge in [0.25, 0.3) is 5.91 Å². The van der Waals surface area contributed by atoms with Crippen LogP contribution in [0.1, 0.15) is 13.8 Å². The molecule has 12 heavy (non-hydrogen) atoms. The predicted octanol–water partition coefficient (Wildman–Crippen LogP) is 0.131. The van der Waals surface area contributed by atoms with E-state index in [1.165, 1.54) is 7.11 Å². The van der Waals surface area contributed by atoms with Gasteiger partial charge in [0.2, 0.25) is 0 Å². The van der Waals surface area contributed by atoms with Crippen LogP contribution in [0, 0.1) is 5.92 Å². The lowest BCUT2D eigenvalue weighted by molar-refractivity contribution is -0.120. The number of hydrogen-bond acceptors (Lipinski definition) is 4. The van der Waals surface area contributed by atoms with Crippen LogP contribution in [0.15, 0.2) is 10.3 Å². The van der Waals surface area contributed by atoms with Crippen molar-refractivity contribution in [3.8, 4) is 0 Å². The highest BCUT2D eigenvalue weighted by molar-refractivity contribution is 6.22. The van der Waals surface area contributed by atoms with Gasteiger partial charge in [-0.3, -0.25) is 4.79 Å². The smallest absolute Gasteiger partial charge is 0.254 e. The largest absolute Gasteiger partial charge is 0.399 e. The fourth-order valence-corrected chi connectivity index (χ4v) is 1.15. The first kappa shape index (κ1) is 8.70. The van der Waals surface area contributed by atoms with Gasteiger partial charge in [0.15, 0.2) is 0 Å². The van der Waals surface area contributed by atoms with Crippen molar-refractivity contribution in [3.63, 3.8) is 0 Å². The van der Waals surface area contributed by atoms with Crippen molar-refractivity contribution >= 4 is 17.3 Å². The summed E-state index contributed by atoms with van der Waals surface area (Å²) in [4.78, 5) is 15.7. The summed E-state index contributed by atoms with van der Waals surface area (Å²) in [5, 5.41) is 7.47. The van der Waals surface area contributed by atoms with Crippen LogP contribution in [-0.4, -0.2) is 24.4 Å². The topological polar surface area (TPSA) is 63.0 Å². The molecule has 0 fully saturated rings. The van der Waals surface area contributed by atoms with Crippen LogP contribution in [0.5, 0.6) is 0 Å². The van der Waals surface area contributed by atoms with Gasteiger partial charge in [-0.15, -0.1) is 0 Å². The Balaban J connectivity index is 2.80. The zero-order chi connectivity index (χ0) is 9.14. The normalized spacial score (nSPS) is 23.6. The van der Waals surface area contributed by atoms with Crippen LogP contribution in [0.3, 0.4) is 0 Å². The summed E-state index contributed by atoms with van der Waals surface area (Å²) in [6, 6.07) is 0. The van der Waals surface area contributed by atoms with Gasteiger partial charge in [-0.2, -0.15) is 5.10 Å². The number of rotatable bonds is 2. The Morgan fingerprint density at radius 2 is 2.42 bits per heavy atom. The lowest BCUT2D eigenvalue weighted by atomic mass is 10.0. The van der Waals surface area contributed by atoms with Gasteiger partial charge in [0.1, 0.15) is 13.0 Å². The monoisotopic (exact) mass is 169 g/mol. The Morgan fingerprint density at radius 1 is 1.75 bits per heavy atom. The van der Waals surface area contributed by atoms with E-state index in [0.29, 0.717) is 5.71 Å². The molecule has 1 amide bonds. The molecule has 1 aliphatic rings. The predicted molar refractivity (Wildman–Crippen MR) is 44.9 cm³/mol. The van der Waals surface area contributed by atoms with E-state index in [1.54, 1.807) is 13.8 Å². The van der Waals surface area contributed by atoms with Crippen LogP contribution in [0.4, 0.5) is 0 Å². The molecule has 5 heteroatoms. The highest BCUT2D eigenvalue weighted by atomic mass is 16.6. The van der Waals surface area contributed by atoms with E-state index >= 15 is 0 Å². The first-order valence-electron chi connectivity index (χ1n) is 3.58. The molecule has 1 unspecified atom stereocenters. The lowest BCUT2D eigenvalue weighted by Crippen LogP contribution is -2.28. The molecule has 0 aromatic heterocycles. The maximum Gasteiger partial charge on any atom is 0.254 e. The van der Waals surface area contributed by atoms with Gasteiger partial charge in [0, 0.05) is 0 Å². The molecule has 0 aromatic carbocycles. The summed E-state index contributed by atoms with van der Waals surface area (Å²) in [6.07, 6.45) is 0. The van der Waals surface area contributed by atoms with Crippen LogP contribution < -0.4 is 5.43 Å². The molecule has 1 heterocycles. The molecule has 5 nitrogen and oxygen atoms in total. The lowest BCUT2D eigenvalue weighted by Gasteiger charge is -2.04. The van der Waals surface area contributed by atoms with E-state index in [2.05, 4.69) is 20.5 Å². The maximum absolute atomic E-state index is 11.1. The molecule has 1 aliphatic heterocycles. The average molecular weight is 169 g/mol. The third-order valence-corrected chi connectivity index (χ3v) is 1.68. The van der Waals surface area contributed by atoms with E-state index < -0.39 is 0 Å². The molecule has 1 rings (SSSR count). The van der Waals surface area contributed by atoms with Crippen LogP contribution in [0.25, 0.3) is 0 Å². The molecule has 0 aliphatic carbocycles. The third-order valence-electron chi connectivity index (χ3n) is 1.68. The summed E-state index contributed by atoms with van der Waals surface area (Å²) in [7, 11) is 1.45. The van der Waals surface area contributed by atoms with Crippen molar-refractivity contribution in [2.24, 2.45) is 16.2 Å². The van der Waals surface area contributed by atoms with Gasteiger partial charge in [0.05, 0.1) is 11.4 Å². The van der Waals surface area contributed by atoms with Crippen LogP contribution in [0.2, 0.25) is 0 Å². The fraction of sp³-hybridized carbons (Fsp3) is 0.571. The highest BCUT2D eigenvalue weighted by Gasteiger charge is 2.29. The van der Waals surface area contributed by atoms with Gasteiger partial charge in [-0.1, -0.05) is 5.16 Å².